The van der Waals surface area contributed by atoms with Gasteiger partial charge in [-0.2, -0.15) is 0 Å². The number of rotatable bonds is 2. The Balaban J connectivity index is 2.16. The standard InChI is InChI=1S/C14H16BrFN2OS/c1-14(2)11(6-12(14)19-3)18-10-5-8(16)7(15)4-9(10)17-13(18)20/h4-5,11-12H,6H2,1-3H3,(H,17,20). The van der Waals surface area contributed by atoms with E-state index in [2.05, 4.69) is 34.8 Å². The number of aromatic amines is 1. The summed E-state index contributed by atoms with van der Waals surface area (Å²) < 4.78 is 22.4. The van der Waals surface area contributed by atoms with Crippen molar-refractivity contribution >= 4 is 39.2 Å². The molecule has 1 aromatic carbocycles. The van der Waals surface area contributed by atoms with Gasteiger partial charge >= 0.3 is 0 Å². The quantitative estimate of drug-likeness (QED) is 0.795. The second-order valence-electron chi connectivity index (χ2n) is 5.88. The molecule has 1 aliphatic carbocycles. The van der Waals surface area contributed by atoms with E-state index in [-0.39, 0.29) is 23.4 Å². The fraction of sp³-hybridized carbons (Fsp3) is 0.500. The van der Waals surface area contributed by atoms with E-state index in [1.807, 2.05) is 4.57 Å². The second-order valence-corrected chi connectivity index (χ2v) is 7.12. The molecule has 1 aliphatic rings. The molecular weight excluding hydrogens is 343 g/mol. The fourth-order valence-corrected chi connectivity index (χ4v) is 3.81. The van der Waals surface area contributed by atoms with Crippen LogP contribution in [0.1, 0.15) is 26.3 Å². The molecule has 0 bridgehead atoms. The predicted molar refractivity (Wildman–Crippen MR) is 83.0 cm³/mol. The molecule has 1 saturated carbocycles. The van der Waals surface area contributed by atoms with E-state index in [0.29, 0.717) is 9.24 Å². The highest BCUT2D eigenvalue weighted by molar-refractivity contribution is 9.10. The number of aromatic nitrogens is 2. The van der Waals surface area contributed by atoms with Crippen molar-refractivity contribution in [2.45, 2.75) is 32.4 Å². The lowest BCUT2D eigenvalue weighted by atomic mass is 9.64. The van der Waals surface area contributed by atoms with Crippen molar-refractivity contribution in [2.24, 2.45) is 5.41 Å². The molecule has 1 N–H and O–H groups in total. The fourth-order valence-electron chi connectivity index (χ4n) is 3.13. The average Bonchev–Trinajstić information content (AvgIpc) is 2.66. The van der Waals surface area contributed by atoms with Gasteiger partial charge in [-0.15, -0.1) is 0 Å². The first-order valence-corrected chi connectivity index (χ1v) is 7.68. The number of methoxy groups -OCH3 is 1. The molecule has 6 heteroatoms. The SMILES string of the molecule is COC1CC(n2c(=S)[nH]c3cc(Br)c(F)cc32)C1(C)C. The minimum atomic E-state index is -0.277. The topological polar surface area (TPSA) is 29.9 Å². The van der Waals surface area contributed by atoms with E-state index in [9.17, 15) is 4.39 Å². The van der Waals surface area contributed by atoms with Crippen LogP contribution in [0.5, 0.6) is 0 Å². The van der Waals surface area contributed by atoms with Crippen molar-refractivity contribution in [1.82, 2.24) is 9.55 Å². The van der Waals surface area contributed by atoms with Crippen molar-refractivity contribution in [3.05, 3.63) is 27.2 Å². The molecule has 108 valence electrons. The third-order valence-electron chi connectivity index (χ3n) is 4.48. The Labute approximate surface area is 130 Å². The Bertz CT molecular complexity index is 737. The lowest BCUT2D eigenvalue weighted by molar-refractivity contribution is -0.111. The summed E-state index contributed by atoms with van der Waals surface area (Å²) in [5.74, 6) is -0.277. The average molecular weight is 359 g/mol. The lowest BCUT2D eigenvalue weighted by Gasteiger charge is -2.51. The van der Waals surface area contributed by atoms with E-state index in [1.54, 1.807) is 13.2 Å². The number of imidazole rings is 1. The van der Waals surface area contributed by atoms with Gasteiger partial charge in [-0.25, -0.2) is 4.39 Å². The van der Waals surface area contributed by atoms with Crippen molar-refractivity contribution in [3.63, 3.8) is 0 Å². The van der Waals surface area contributed by atoms with Crippen molar-refractivity contribution < 1.29 is 9.13 Å². The maximum absolute atomic E-state index is 13.8. The Morgan fingerprint density at radius 3 is 2.80 bits per heavy atom. The predicted octanol–water partition coefficient (Wildman–Crippen LogP) is 4.59. The number of halogens is 2. The van der Waals surface area contributed by atoms with Crippen LogP contribution in [0.25, 0.3) is 11.0 Å². The molecule has 1 fully saturated rings. The highest BCUT2D eigenvalue weighted by Gasteiger charge is 2.50. The van der Waals surface area contributed by atoms with Crippen LogP contribution < -0.4 is 0 Å². The van der Waals surface area contributed by atoms with Crippen LogP contribution in [0.4, 0.5) is 4.39 Å². The Morgan fingerprint density at radius 1 is 1.50 bits per heavy atom. The molecule has 0 saturated heterocycles. The molecule has 2 unspecified atom stereocenters. The highest BCUT2D eigenvalue weighted by atomic mass is 79.9. The number of benzene rings is 1. The number of hydrogen-bond acceptors (Lipinski definition) is 2. The summed E-state index contributed by atoms with van der Waals surface area (Å²) in [5.41, 5.74) is 1.63. The van der Waals surface area contributed by atoms with E-state index < -0.39 is 0 Å². The molecule has 20 heavy (non-hydrogen) atoms. The normalized spacial score (nSPS) is 24.9. The van der Waals surface area contributed by atoms with Gasteiger partial charge in [0.05, 0.1) is 21.6 Å². The smallest absolute Gasteiger partial charge is 0.178 e. The van der Waals surface area contributed by atoms with Gasteiger partial charge in [-0.3, -0.25) is 0 Å². The molecule has 0 spiro atoms. The summed E-state index contributed by atoms with van der Waals surface area (Å²) in [7, 11) is 1.73. The maximum atomic E-state index is 13.8. The van der Waals surface area contributed by atoms with Crippen LogP contribution in [0.15, 0.2) is 16.6 Å². The largest absolute Gasteiger partial charge is 0.381 e. The third-order valence-corrected chi connectivity index (χ3v) is 5.39. The number of H-pyrrole nitrogens is 1. The number of ether oxygens (including phenoxy) is 1. The zero-order chi connectivity index (χ0) is 14.7. The number of hydrogen-bond donors (Lipinski definition) is 1. The summed E-state index contributed by atoms with van der Waals surface area (Å²) >= 11 is 8.63. The van der Waals surface area contributed by atoms with Crippen LogP contribution in [0, 0.1) is 16.0 Å². The third kappa shape index (κ3) is 1.89. The van der Waals surface area contributed by atoms with Gasteiger partial charge in [0.25, 0.3) is 0 Å². The van der Waals surface area contributed by atoms with Crippen LogP contribution in [0.2, 0.25) is 0 Å². The van der Waals surface area contributed by atoms with Gasteiger partial charge in [-0.05, 0) is 40.6 Å². The Kier molecular flexibility index (Phi) is 3.30. The van der Waals surface area contributed by atoms with Crippen LogP contribution in [-0.2, 0) is 4.74 Å². The Hall–Kier alpha value is -0.720. The minimum Gasteiger partial charge on any atom is -0.381 e. The first kappa shape index (κ1) is 14.2. The summed E-state index contributed by atoms with van der Waals surface area (Å²) in [6.45, 7) is 4.32. The van der Waals surface area contributed by atoms with Gasteiger partial charge in [-0.1, -0.05) is 13.8 Å². The van der Waals surface area contributed by atoms with Gasteiger partial charge in [0.2, 0.25) is 0 Å². The van der Waals surface area contributed by atoms with Crippen LogP contribution in [0.3, 0.4) is 0 Å². The molecule has 3 nitrogen and oxygen atoms in total. The van der Waals surface area contributed by atoms with E-state index in [1.165, 1.54) is 6.07 Å². The molecule has 1 heterocycles. The molecule has 2 aromatic rings. The van der Waals surface area contributed by atoms with Crippen molar-refractivity contribution in [2.75, 3.05) is 7.11 Å². The van der Waals surface area contributed by atoms with Gasteiger partial charge in [0.1, 0.15) is 5.82 Å². The zero-order valence-corrected chi connectivity index (χ0v) is 13.9. The number of fused-ring (bicyclic) bond motifs is 1. The van der Waals surface area contributed by atoms with Crippen LogP contribution >= 0.6 is 28.1 Å². The summed E-state index contributed by atoms with van der Waals surface area (Å²) in [6, 6.07) is 3.48. The second kappa shape index (κ2) is 4.64. The molecule has 3 rings (SSSR count). The van der Waals surface area contributed by atoms with Crippen LogP contribution in [-0.4, -0.2) is 22.8 Å². The molecule has 0 radical (unpaired) electrons. The maximum Gasteiger partial charge on any atom is 0.178 e. The van der Waals surface area contributed by atoms with Gasteiger partial charge < -0.3 is 14.3 Å². The summed E-state index contributed by atoms with van der Waals surface area (Å²) in [6.07, 6.45) is 1.10. The number of nitrogens with one attached hydrogen (secondary N) is 1. The van der Waals surface area contributed by atoms with Gasteiger partial charge in [0, 0.05) is 24.6 Å². The highest BCUT2D eigenvalue weighted by Crippen LogP contribution is 2.52. The number of nitrogens with zero attached hydrogens (tertiary/aromatic N) is 1. The monoisotopic (exact) mass is 358 g/mol. The molecule has 0 amide bonds. The summed E-state index contributed by atoms with van der Waals surface area (Å²) in [5, 5.41) is 0. The zero-order valence-electron chi connectivity index (χ0n) is 11.5. The molecule has 0 aliphatic heterocycles. The van der Waals surface area contributed by atoms with E-state index >= 15 is 0 Å². The Morgan fingerprint density at radius 2 is 2.20 bits per heavy atom. The minimum absolute atomic E-state index is 0.0222. The van der Waals surface area contributed by atoms with E-state index in [0.717, 1.165) is 17.5 Å². The van der Waals surface area contributed by atoms with Crippen molar-refractivity contribution in [1.29, 1.82) is 0 Å². The molecular formula is C14H16BrFN2OS. The summed E-state index contributed by atoms with van der Waals surface area (Å²) in [4.78, 5) is 3.16. The van der Waals surface area contributed by atoms with Gasteiger partial charge in [0.15, 0.2) is 4.77 Å². The van der Waals surface area contributed by atoms with E-state index in [4.69, 9.17) is 17.0 Å². The van der Waals surface area contributed by atoms with Crippen molar-refractivity contribution in [3.8, 4) is 0 Å². The molecule has 2 atom stereocenters. The first-order valence-electron chi connectivity index (χ1n) is 6.48. The lowest BCUT2D eigenvalue weighted by Crippen LogP contribution is -2.51. The first-order chi connectivity index (χ1) is 9.36. The molecule has 1 aromatic heterocycles.